The van der Waals surface area contributed by atoms with Gasteiger partial charge in [-0.3, -0.25) is 4.79 Å². The second kappa shape index (κ2) is 6.20. The van der Waals surface area contributed by atoms with E-state index in [1.54, 1.807) is 6.92 Å². The number of hydrogen-bond acceptors (Lipinski definition) is 4. The van der Waals surface area contributed by atoms with Gasteiger partial charge in [-0.25, -0.2) is 0 Å². The van der Waals surface area contributed by atoms with Crippen LogP contribution in [-0.2, 0) is 16.0 Å². The third kappa shape index (κ3) is 2.65. The number of rotatable bonds is 5. The van der Waals surface area contributed by atoms with E-state index in [1.807, 2.05) is 6.92 Å². The normalized spacial score (nSPS) is 26.1. The maximum absolute atomic E-state index is 12.3. The number of ether oxygens (including phenoxy) is 1. The second-order valence-corrected chi connectivity index (χ2v) is 6.78. The van der Waals surface area contributed by atoms with Gasteiger partial charge < -0.3 is 14.6 Å². The van der Waals surface area contributed by atoms with Gasteiger partial charge in [-0.15, -0.1) is 0 Å². The lowest BCUT2D eigenvalue weighted by atomic mass is 9.60. The van der Waals surface area contributed by atoms with Gasteiger partial charge in [0.05, 0.1) is 18.2 Å². The molecule has 2 atom stereocenters. The zero-order valence-electron chi connectivity index (χ0n) is 13.2. The van der Waals surface area contributed by atoms with Crippen LogP contribution in [0.1, 0.15) is 50.3 Å². The summed E-state index contributed by atoms with van der Waals surface area (Å²) in [5, 5.41) is 7.18. The summed E-state index contributed by atoms with van der Waals surface area (Å²) in [6.07, 6.45) is 6.19. The monoisotopic (exact) mass is 326 g/mol. The Labute approximate surface area is 135 Å². The first kappa shape index (κ1) is 15.8. The molecule has 6 heteroatoms. The Morgan fingerprint density at radius 2 is 2.23 bits per heavy atom. The van der Waals surface area contributed by atoms with E-state index >= 15 is 0 Å². The summed E-state index contributed by atoms with van der Waals surface area (Å²) in [5.41, 5.74) is 1.51. The van der Waals surface area contributed by atoms with Gasteiger partial charge in [0.15, 0.2) is 0 Å². The van der Waals surface area contributed by atoms with Crippen LogP contribution in [0.2, 0.25) is 5.22 Å². The summed E-state index contributed by atoms with van der Waals surface area (Å²) in [6, 6.07) is 0.220. The lowest BCUT2D eigenvalue weighted by Gasteiger charge is -2.54. The number of hydrogen-bond donors (Lipinski definition) is 1. The molecular formula is C16H23ClN2O3. The molecule has 0 unspecified atom stereocenters. The first-order valence-electron chi connectivity index (χ1n) is 8.08. The molecule has 3 rings (SSSR count). The van der Waals surface area contributed by atoms with E-state index in [9.17, 15) is 4.79 Å². The topological polar surface area (TPSA) is 64.4 Å². The summed E-state index contributed by atoms with van der Waals surface area (Å²) in [4.78, 5) is 12.3. The van der Waals surface area contributed by atoms with Crippen molar-refractivity contribution < 1.29 is 14.1 Å². The molecule has 1 aromatic rings. The van der Waals surface area contributed by atoms with Gasteiger partial charge >= 0.3 is 0 Å². The molecular weight excluding hydrogens is 304 g/mol. The van der Waals surface area contributed by atoms with Gasteiger partial charge in [0.2, 0.25) is 11.1 Å². The lowest BCUT2D eigenvalue weighted by molar-refractivity contribution is -0.143. The van der Waals surface area contributed by atoms with E-state index in [-0.39, 0.29) is 29.0 Å². The highest BCUT2D eigenvalue weighted by atomic mass is 35.5. The molecule has 2 saturated carbocycles. The maximum Gasteiger partial charge on any atom is 0.229 e. The number of carbonyl (C=O) groups excluding carboxylic acids is 1. The van der Waals surface area contributed by atoms with Crippen molar-refractivity contribution >= 4 is 17.5 Å². The molecule has 5 nitrogen and oxygen atoms in total. The molecule has 0 radical (unpaired) electrons. The zero-order valence-corrected chi connectivity index (χ0v) is 13.9. The number of aromatic nitrogens is 1. The molecule has 1 aromatic heterocycles. The Balaban J connectivity index is 1.62. The number of carbonyl (C=O) groups is 1. The summed E-state index contributed by atoms with van der Waals surface area (Å²) in [7, 11) is 0. The van der Waals surface area contributed by atoms with Crippen LogP contribution in [0.3, 0.4) is 0 Å². The number of nitrogens with zero attached hydrogens (tertiary/aromatic N) is 1. The summed E-state index contributed by atoms with van der Waals surface area (Å²) in [6.45, 7) is 4.57. The maximum atomic E-state index is 12.3. The second-order valence-electron chi connectivity index (χ2n) is 6.44. The first-order valence-corrected chi connectivity index (χ1v) is 8.46. The molecule has 2 aliphatic rings. The third-order valence-corrected chi connectivity index (χ3v) is 5.59. The highest BCUT2D eigenvalue weighted by Gasteiger charge is 2.57. The number of amides is 1. The first-order chi connectivity index (χ1) is 10.6. The van der Waals surface area contributed by atoms with Crippen molar-refractivity contribution in [2.24, 2.45) is 5.41 Å². The summed E-state index contributed by atoms with van der Waals surface area (Å²) < 4.78 is 10.8. The molecule has 0 aromatic carbocycles. The molecule has 0 aliphatic heterocycles. The quantitative estimate of drug-likeness (QED) is 0.903. The van der Waals surface area contributed by atoms with Crippen molar-refractivity contribution in [1.82, 2.24) is 10.5 Å². The minimum Gasteiger partial charge on any atom is -0.378 e. The van der Waals surface area contributed by atoms with Gasteiger partial charge in [0.1, 0.15) is 0 Å². The van der Waals surface area contributed by atoms with Crippen LogP contribution in [0.25, 0.3) is 0 Å². The molecule has 1 spiro atoms. The van der Waals surface area contributed by atoms with Crippen LogP contribution >= 0.6 is 11.6 Å². The highest BCUT2D eigenvalue weighted by molar-refractivity contribution is 6.29. The Kier molecular flexibility index (Phi) is 4.46. The van der Waals surface area contributed by atoms with E-state index in [0.717, 1.165) is 25.9 Å². The Morgan fingerprint density at radius 1 is 1.50 bits per heavy atom. The largest absolute Gasteiger partial charge is 0.378 e. The number of nitrogens with one attached hydrogen (secondary N) is 1. The van der Waals surface area contributed by atoms with Gasteiger partial charge in [-0.05, 0) is 44.7 Å². The van der Waals surface area contributed by atoms with Crippen LogP contribution in [0, 0.1) is 12.3 Å². The average Bonchev–Trinajstić information content (AvgIpc) is 3.11. The van der Waals surface area contributed by atoms with Crippen molar-refractivity contribution in [1.29, 1.82) is 0 Å². The van der Waals surface area contributed by atoms with Gasteiger partial charge in [-0.1, -0.05) is 18.0 Å². The van der Waals surface area contributed by atoms with E-state index in [1.165, 1.54) is 12.8 Å². The van der Waals surface area contributed by atoms with E-state index in [4.69, 9.17) is 20.9 Å². The van der Waals surface area contributed by atoms with Crippen LogP contribution in [0.4, 0.5) is 0 Å². The Morgan fingerprint density at radius 3 is 2.82 bits per heavy atom. The molecule has 1 N–H and O–H groups in total. The molecule has 2 fully saturated rings. The smallest absolute Gasteiger partial charge is 0.229 e. The number of halogens is 1. The lowest BCUT2D eigenvalue weighted by Crippen LogP contribution is -2.63. The van der Waals surface area contributed by atoms with Gasteiger partial charge in [-0.2, -0.15) is 0 Å². The van der Waals surface area contributed by atoms with Crippen molar-refractivity contribution in [2.75, 3.05) is 6.61 Å². The summed E-state index contributed by atoms with van der Waals surface area (Å²) in [5.74, 6) is -0.0144. The average molecular weight is 327 g/mol. The Hall–Kier alpha value is -1.07. The SMILES string of the molecule is CCO[C@H]1C[C@H](NC(=O)Cc2c(C)noc2Cl)C12CCCC2. The van der Waals surface area contributed by atoms with Crippen molar-refractivity contribution in [3.63, 3.8) is 0 Å². The van der Waals surface area contributed by atoms with Crippen LogP contribution in [-0.4, -0.2) is 29.8 Å². The molecule has 1 heterocycles. The highest BCUT2D eigenvalue weighted by Crippen LogP contribution is 2.54. The Bertz CT molecular complexity index is 532. The predicted octanol–water partition coefficient (Wildman–Crippen LogP) is 3.03. The summed E-state index contributed by atoms with van der Waals surface area (Å²) >= 11 is 5.93. The van der Waals surface area contributed by atoms with Crippen LogP contribution in [0.5, 0.6) is 0 Å². The molecule has 2 aliphatic carbocycles. The van der Waals surface area contributed by atoms with E-state index < -0.39 is 0 Å². The predicted molar refractivity (Wildman–Crippen MR) is 82.8 cm³/mol. The zero-order chi connectivity index (χ0) is 15.7. The van der Waals surface area contributed by atoms with Crippen molar-refractivity contribution in [3.8, 4) is 0 Å². The van der Waals surface area contributed by atoms with E-state index in [0.29, 0.717) is 17.4 Å². The fourth-order valence-electron chi connectivity index (χ4n) is 4.05. The fourth-order valence-corrected chi connectivity index (χ4v) is 4.29. The van der Waals surface area contributed by atoms with Crippen molar-refractivity contribution in [2.45, 2.75) is 64.5 Å². The fraction of sp³-hybridized carbons (Fsp3) is 0.750. The molecule has 1 amide bonds. The molecule has 0 bridgehead atoms. The van der Waals surface area contributed by atoms with Crippen LogP contribution in [0.15, 0.2) is 4.52 Å². The third-order valence-electron chi connectivity index (χ3n) is 5.30. The van der Waals surface area contributed by atoms with Gasteiger partial charge in [0, 0.05) is 23.6 Å². The molecule has 122 valence electrons. The molecule has 22 heavy (non-hydrogen) atoms. The standard InChI is InChI=1S/C16H23ClN2O3/c1-3-21-13-9-12(16(13)6-4-5-7-16)18-14(20)8-11-10(2)19-22-15(11)17/h12-13H,3-9H2,1-2H3,(H,18,20)/t12-,13-/m0/s1. The van der Waals surface area contributed by atoms with Crippen LogP contribution < -0.4 is 5.32 Å². The van der Waals surface area contributed by atoms with Crippen molar-refractivity contribution in [3.05, 3.63) is 16.5 Å². The minimum atomic E-state index is -0.0144. The number of aryl methyl sites for hydroxylation is 1. The van der Waals surface area contributed by atoms with E-state index in [2.05, 4.69) is 10.5 Å². The van der Waals surface area contributed by atoms with Gasteiger partial charge in [0.25, 0.3) is 0 Å². The minimum absolute atomic E-state index is 0.0144. The molecule has 0 saturated heterocycles.